The summed E-state index contributed by atoms with van der Waals surface area (Å²) in [5, 5.41) is 4.73. The molecule has 3 rings (SSSR count). The van der Waals surface area contributed by atoms with Crippen LogP contribution in [0, 0.1) is 5.82 Å². The van der Waals surface area contributed by atoms with Gasteiger partial charge in [-0.15, -0.1) is 11.3 Å². The van der Waals surface area contributed by atoms with Crippen LogP contribution in [0.25, 0.3) is 10.6 Å². The highest BCUT2D eigenvalue weighted by molar-refractivity contribution is 7.15. The van der Waals surface area contributed by atoms with Gasteiger partial charge in [-0.25, -0.2) is 19.3 Å². The number of aromatic nitrogens is 3. The van der Waals surface area contributed by atoms with E-state index < -0.39 is 5.82 Å². The fraction of sp³-hybridized carbons (Fsp3) is 0.133. The van der Waals surface area contributed by atoms with Crippen molar-refractivity contribution in [3.05, 3.63) is 58.6 Å². The predicted octanol–water partition coefficient (Wildman–Crippen LogP) is 4.57. The Balaban J connectivity index is 1.75. The van der Waals surface area contributed by atoms with Gasteiger partial charge >= 0.3 is 0 Å². The third-order valence-corrected chi connectivity index (χ3v) is 4.49. The summed E-state index contributed by atoms with van der Waals surface area (Å²) in [5.41, 5.74) is 1.02. The molecule has 0 aliphatic carbocycles. The standard InChI is InChI=1S/C15H12ClFN4S/c1-9(21-15-19-6-12(17)7-20-15)13-8-18-14(22-13)10-2-4-11(16)5-3-10/h2-9H,1H3,(H,19,20,21)/t9-/m0/s1. The molecule has 0 radical (unpaired) electrons. The van der Waals surface area contributed by atoms with Gasteiger partial charge in [0.1, 0.15) is 5.01 Å². The molecule has 1 N–H and O–H groups in total. The van der Waals surface area contributed by atoms with Crippen molar-refractivity contribution in [3.8, 4) is 10.6 Å². The lowest BCUT2D eigenvalue weighted by Crippen LogP contribution is -2.08. The first-order valence-electron chi connectivity index (χ1n) is 6.57. The van der Waals surface area contributed by atoms with Gasteiger partial charge < -0.3 is 5.32 Å². The van der Waals surface area contributed by atoms with Crippen molar-refractivity contribution in [2.24, 2.45) is 0 Å². The van der Waals surface area contributed by atoms with Crippen molar-refractivity contribution >= 4 is 28.9 Å². The molecule has 4 nitrogen and oxygen atoms in total. The number of halogens is 2. The Morgan fingerprint density at radius 3 is 2.45 bits per heavy atom. The Labute approximate surface area is 136 Å². The summed E-state index contributed by atoms with van der Waals surface area (Å²) in [6.07, 6.45) is 4.08. The molecule has 1 atom stereocenters. The first-order valence-corrected chi connectivity index (χ1v) is 7.77. The van der Waals surface area contributed by atoms with E-state index in [1.807, 2.05) is 37.4 Å². The van der Waals surface area contributed by atoms with Gasteiger partial charge in [-0.3, -0.25) is 0 Å². The second-order valence-electron chi connectivity index (χ2n) is 4.67. The molecule has 0 aliphatic rings. The Hall–Kier alpha value is -2.05. The van der Waals surface area contributed by atoms with Crippen LogP contribution >= 0.6 is 22.9 Å². The molecule has 2 heterocycles. The summed E-state index contributed by atoms with van der Waals surface area (Å²) >= 11 is 7.46. The van der Waals surface area contributed by atoms with Crippen molar-refractivity contribution in [3.63, 3.8) is 0 Å². The maximum atomic E-state index is 12.8. The average Bonchev–Trinajstić information content (AvgIpc) is 3.00. The highest BCUT2D eigenvalue weighted by Crippen LogP contribution is 2.30. The molecule has 22 heavy (non-hydrogen) atoms. The van der Waals surface area contributed by atoms with E-state index in [0.29, 0.717) is 11.0 Å². The van der Waals surface area contributed by atoms with Crippen LogP contribution in [0.2, 0.25) is 5.02 Å². The molecular weight excluding hydrogens is 323 g/mol. The average molecular weight is 335 g/mol. The molecule has 112 valence electrons. The minimum atomic E-state index is -0.457. The fourth-order valence-electron chi connectivity index (χ4n) is 1.86. The summed E-state index contributed by atoms with van der Waals surface area (Å²) in [6, 6.07) is 7.53. The van der Waals surface area contributed by atoms with Crippen LogP contribution in [-0.4, -0.2) is 15.0 Å². The van der Waals surface area contributed by atoms with E-state index in [-0.39, 0.29) is 6.04 Å². The van der Waals surface area contributed by atoms with Crippen LogP contribution in [0.4, 0.5) is 10.3 Å². The predicted molar refractivity (Wildman–Crippen MR) is 86.6 cm³/mol. The van der Waals surface area contributed by atoms with Crippen molar-refractivity contribution in [2.75, 3.05) is 5.32 Å². The SMILES string of the molecule is C[C@H](Nc1ncc(F)cn1)c1cnc(-c2ccc(Cl)cc2)s1. The van der Waals surface area contributed by atoms with Gasteiger partial charge in [-0.05, 0) is 19.1 Å². The Bertz CT molecular complexity index is 758. The zero-order valence-corrected chi connectivity index (χ0v) is 13.2. The number of benzene rings is 1. The number of thiazole rings is 1. The van der Waals surface area contributed by atoms with E-state index in [1.54, 1.807) is 11.3 Å². The molecule has 0 saturated heterocycles. The van der Waals surface area contributed by atoms with Crippen molar-refractivity contribution in [1.29, 1.82) is 0 Å². The molecule has 0 spiro atoms. The second-order valence-corrected chi connectivity index (χ2v) is 6.16. The first kappa shape index (κ1) is 14.9. The van der Waals surface area contributed by atoms with Gasteiger partial charge in [0.2, 0.25) is 5.95 Å². The van der Waals surface area contributed by atoms with Gasteiger partial charge in [0.05, 0.1) is 18.4 Å². The second kappa shape index (κ2) is 6.37. The molecule has 0 fully saturated rings. The van der Waals surface area contributed by atoms with Crippen molar-refractivity contribution in [2.45, 2.75) is 13.0 Å². The molecule has 7 heteroatoms. The minimum absolute atomic E-state index is 0.0241. The van der Waals surface area contributed by atoms with Gasteiger partial charge in [0, 0.05) is 21.7 Å². The first-order chi connectivity index (χ1) is 10.6. The Morgan fingerprint density at radius 1 is 1.09 bits per heavy atom. The number of hydrogen-bond donors (Lipinski definition) is 1. The van der Waals surface area contributed by atoms with Gasteiger partial charge in [-0.1, -0.05) is 23.7 Å². The van der Waals surface area contributed by atoms with E-state index in [0.717, 1.165) is 27.8 Å². The van der Waals surface area contributed by atoms with E-state index in [4.69, 9.17) is 11.6 Å². The normalized spacial score (nSPS) is 12.1. The fourth-order valence-corrected chi connectivity index (χ4v) is 2.91. The minimum Gasteiger partial charge on any atom is -0.347 e. The van der Waals surface area contributed by atoms with E-state index in [2.05, 4.69) is 20.3 Å². The highest BCUT2D eigenvalue weighted by atomic mass is 35.5. The van der Waals surface area contributed by atoms with Crippen molar-refractivity contribution in [1.82, 2.24) is 15.0 Å². The summed E-state index contributed by atoms with van der Waals surface area (Å²) in [5.74, 6) is -0.0728. The van der Waals surface area contributed by atoms with Crippen LogP contribution < -0.4 is 5.32 Å². The van der Waals surface area contributed by atoms with Crippen LogP contribution in [0.3, 0.4) is 0 Å². The monoisotopic (exact) mass is 334 g/mol. The van der Waals surface area contributed by atoms with E-state index >= 15 is 0 Å². The molecule has 0 amide bonds. The van der Waals surface area contributed by atoms with E-state index in [1.165, 1.54) is 0 Å². The third-order valence-electron chi connectivity index (χ3n) is 3.01. The number of nitrogens with zero attached hydrogens (tertiary/aromatic N) is 3. The number of hydrogen-bond acceptors (Lipinski definition) is 5. The summed E-state index contributed by atoms with van der Waals surface area (Å²) in [6.45, 7) is 1.98. The Morgan fingerprint density at radius 2 is 1.77 bits per heavy atom. The molecule has 2 aromatic heterocycles. The lowest BCUT2D eigenvalue weighted by atomic mass is 10.2. The molecule has 0 unspecified atom stereocenters. The lowest BCUT2D eigenvalue weighted by molar-refractivity contribution is 0.613. The lowest BCUT2D eigenvalue weighted by Gasteiger charge is -2.10. The van der Waals surface area contributed by atoms with Crippen LogP contribution in [0.15, 0.2) is 42.9 Å². The number of nitrogens with one attached hydrogen (secondary N) is 1. The van der Waals surface area contributed by atoms with Crippen LogP contribution in [0.5, 0.6) is 0 Å². The van der Waals surface area contributed by atoms with Gasteiger partial charge in [-0.2, -0.15) is 0 Å². The summed E-state index contributed by atoms with van der Waals surface area (Å²) in [7, 11) is 0. The molecule has 0 aliphatic heterocycles. The number of anilines is 1. The molecule has 0 saturated carbocycles. The van der Waals surface area contributed by atoms with Crippen LogP contribution in [0.1, 0.15) is 17.8 Å². The largest absolute Gasteiger partial charge is 0.347 e. The maximum absolute atomic E-state index is 12.8. The molecule has 0 bridgehead atoms. The third kappa shape index (κ3) is 3.40. The number of rotatable bonds is 4. The van der Waals surface area contributed by atoms with Crippen LogP contribution in [-0.2, 0) is 0 Å². The maximum Gasteiger partial charge on any atom is 0.223 e. The quantitative estimate of drug-likeness (QED) is 0.759. The summed E-state index contributed by atoms with van der Waals surface area (Å²) < 4.78 is 12.8. The summed E-state index contributed by atoms with van der Waals surface area (Å²) in [4.78, 5) is 13.2. The highest BCUT2D eigenvalue weighted by Gasteiger charge is 2.12. The smallest absolute Gasteiger partial charge is 0.223 e. The van der Waals surface area contributed by atoms with Crippen molar-refractivity contribution < 1.29 is 4.39 Å². The Kier molecular flexibility index (Phi) is 4.31. The van der Waals surface area contributed by atoms with E-state index in [9.17, 15) is 4.39 Å². The molecule has 3 aromatic rings. The zero-order valence-electron chi connectivity index (χ0n) is 11.6. The van der Waals surface area contributed by atoms with Gasteiger partial charge in [0.15, 0.2) is 5.82 Å². The topological polar surface area (TPSA) is 50.7 Å². The van der Waals surface area contributed by atoms with Gasteiger partial charge in [0.25, 0.3) is 0 Å². The molecular formula is C15H12ClFN4S. The molecule has 1 aromatic carbocycles. The zero-order chi connectivity index (χ0) is 15.5.